The first-order valence-electron chi connectivity index (χ1n) is 8.83. The van der Waals surface area contributed by atoms with E-state index in [0.29, 0.717) is 11.1 Å². The highest BCUT2D eigenvalue weighted by Gasteiger charge is 2.14. The molecule has 0 fully saturated rings. The number of rotatable bonds is 3. The van der Waals surface area contributed by atoms with E-state index in [1.807, 2.05) is 24.3 Å². The Hall–Kier alpha value is -3.07. The van der Waals surface area contributed by atoms with E-state index in [1.165, 1.54) is 42.0 Å². The Balaban J connectivity index is 1.78. The van der Waals surface area contributed by atoms with Crippen LogP contribution in [-0.2, 0) is 6.42 Å². The van der Waals surface area contributed by atoms with Crippen LogP contribution in [0.1, 0.15) is 12.5 Å². The minimum Gasteiger partial charge on any atom is -0.207 e. The van der Waals surface area contributed by atoms with Crippen LogP contribution in [0.3, 0.4) is 0 Å². The SMILES string of the molecule is CCc1ccc2cc(-c3cc(F)c(-c4ccc(F)cc4)c(F)c3)ccc2c1. The van der Waals surface area contributed by atoms with Crippen molar-refractivity contribution >= 4 is 10.8 Å². The number of hydrogen-bond donors (Lipinski definition) is 0. The predicted molar refractivity (Wildman–Crippen MR) is 104 cm³/mol. The number of aryl methyl sites for hydroxylation is 1. The molecule has 0 aromatic heterocycles. The van der Waals surface area contributed by atoms with E-state index in [0.717, 1.165) is 22.8 Å². The molecule has 0 amide bonds. The molecule has 0 spiro atoms. The van der Waals surface area contributed by atoms with E-state index in [9.17, 15) is 13.2 Å². The molecule has 4 aromatic carbocycles. The Morgan fingerprint density at radius 3 is 1.85 bits per heavy atom. The average Bonchev–Trinajstić information content (AvgIpc) is 2.68. The normalized spacial score (nSPS) is 11.1. The van der Waals surface area contributed by atoms with E-state index in [-0.39, 0.29) is 5.56 Å². The number of hydrogen-bond acceptors (Lipinski definition) is 0. The van der Waals surface area contributed by atoms with Gasteiger partial charge < -0.3 is 0 Å². The van der Waals surface area contributed by atoms with Gasteiger partial charge in [-0.25, -0.2) is 13.2 Å². The summed E-state index contributed by atoms with van der Waals surface area (Å²) in [5, 5.41) is 2.12. The van der Waals surface area contributed by atoms with Crippen molar-refractivity contribution in [1.82, 2.24) is 0 Å². The van der Waals surface area contributed by atoms with Crippen molar-refractivity contribution in [2.75, 3.05) is 0 Å². The summed E-state index contributed by atoms with van der Waals surface area (Å²) in [6.07, 6.45) is 0.957. The predicted octanol–water partition coefficient (Wildman–Crippen LogP) is 7.15. The number of benzene rings is 4. The van der Waals surface area contributed by atoms with Crippen molar-refractivity contribution in [3.8, 4) is 22.3 Å². The fourth-order valence-corrected chi connectivity index (χ4v) is 3.33. The van der Waals surface area contributed by atoms with Crippen LogP contribution < -0.4 is 0 Å². The molecule has 0 aliphatic rings. The van der Waals surface area contributed by atoms with Crippen LogP contribution in [-0.4, -0.2) is 0 Å². The summed E-state index contributed by atoms with van der Waals surface area (Å²) < 4.78 is 42.4. The maximum Gasteiger partial charge on any atom is 0.134 e. The summed E-state index contributed by atoms with van der Waals surface area (Å²) in [6, 6.07) is 19.7. The van der Waals surface area contributed by atoms with E-state index in [1.54, 1.807) is 0 Å². The average molecular weight is 362 g/mol. The van der Waals surface area contributed by atoms with Gasteiger partial charge in [0.25, 0.3) is 0 Å². The zero-order chi connectivity index (χ0) is 19.0. The lowest BCUT2D eigenvalue weighted by molar-refractivity contribution is 0.590. The van der Waals surface area contributed by atoms with Crippen LogP contribution in [0.25, 0.3) is 33.0 Å². The molecule has 134 valence electrons. The fourth-order valence-electron chi connectivity index (χ4n) is 3.33. The van der Waals surface area contributed by atoms with Crippen molar-refractivity contribution in [2.24, 2.45) is 0 Å². The maximum atomic E-state index is 14.7. The lowest BCUT2D eigenvalue weighted by atomic mass is 9.96. The Labute approximate surface area is 155 Å². The van der Waals surface area contributed by atoms with Gasteiger partial charge in [-0.15, -0.1) is 0 Å². The fraction of sp³-hybridized carbons (Fsp3) is 0.0833. The van der Waals surface area contributed by atoms with Gasteiger partial charge in [-0.1, -0.05) is 49.4 Å². The van der Waals surface area contributed by atoms with Gasteiger partial charge >= 0.3 is 0 Å². The molecular formula is C24H17F3. The monoisotopic (exact) mass is 362 g/mol. The zero-order valence-electron chi connectivity index (χ0n) is 14.8. The minimum atomic E-state index is -0.668. The molecular weight excluding hydrogens is 345 g/mol. The molecule has 3 heteroatoms. The van der Waals surface area contributed by atoms with Crippen LogP contribution in [0.15, 0.2) is 72.8 Å². The lowest BCUT2D eigenvalue weighted by Crippen LogP contribution is -1.93. The van der Waals surface area contributed by atoms with Gasteiger partial charge in [0.2, 0.25) is 0 Å². The van der Waals surface area contributed by atoms with E-state index >= 15 is 0 Å². The van der Waals surface area contributed by atoms with Gasteiger partial charge in [0.1, 0.15) is 17.5 Å². The van der Waals surface area contributed by atoms with Crippen LogP contribution in [0.4, 0.5) is 13.2 Å². The maximum absolute atomic E-state index is 14.7. The summed E-state index contributed by atoms with van der Waals surface area (Å²) in [5.41, 5.74) is 2.62. The van der Waals surface area contributed by atoms with Gasteiger partial charge in [0, 0.05) is 0 Å². The number of halogens is 3. The van der Waals surface area contributed by atoms with E-state index in [2.05, 4.69) is 19.1 Å². The summed E-state index contributed by atoms with van der Waals surface area (Å²) in [6.45, 7) is 2.10. The van der Waals surface area contributed by atoms with Gasteiger partial charge in [-0.2, -0.15) is 0 Å². The van der Waals surface area contributed by atoms with Crippen molar-refractivity contribution in [3.05, 3.63) is 95.8 Å². The third kappa shape index (κ3) is 3.33. The molecule has 0 saturated heterocycles. The third-order valence-electron chi connectivity index (χ3n) is 4.82. The summed E-state index contributed by atoms with van der Waals surface area (Å²) >= 11 is 0. The first-order chi connectivity index (χ1) is 13.0. The molecule has 0 unspecified atom stereocenters. The quantitative estimate of drug-likeness (QED) is 0.363. The highest BCUT2D eigenvalue weighted by atomic mass is 19.1. The van der Waals surface area contributed by atoms with Crippen molar-refractivity contribution in [3.63, 3.8) is 0 Å². The van der Waals surface area contributed by atoms with Gasteiger partial charge in [-0.05, 0) is 69.8 Å². The highest BCUT2D eigenvalue weighted by molar-refractivity contribution is 5.88. The number of fused-ring (bicyclic) bond motifs is 1. The molecule has 0 N–H and O–H groups in total. The third-order valence-corrected chi connectivity index (χ3v) is 4.82. The molecule has 0 saturated carbocycles. The molecule has 0 aliphatic carbocycles. The van der Waals surface area contributed by atoms with E-state index < -0.39 is 17.5 Å². The zero-order valence-corrected chi connectivity index (χ0v) is 14.8. The first-order valence-corrected chi connectivity index (χ1v) is 8.83. The van der Waals surface area contributed by atoms with Gasteiger partial charge in [0.15, 0.2) is 0 Å². The largest absolute Gasteiger partial charge is 0.207 e. The topological polar surface area (TPSA) is 0 Å². The molecule has 0 nitrogen and oxygen atoms in total. The van der Waals surface area contributed by atoms with Crippen LogP contribution in [0, 0.1) is 17.5 Å². The Morgan fingerprint density at radius 2 is 1.19 bits per heavy atom. The second kappa shape index (κ2) is 6.92. The summed E-state index contributed by atoms with van der Waals surface area (Å²) in [7, 11) is 0. The molecule has 27 heavy (non-hydrogen) atoms. The molecule has 0 heterocycles. The van der Waals surface area contributed by atoms with Crippen molar-refractivity contribution in [2.45, 2.75) is 13.3 Å². The summed E-state index contributed by atoms with van der Waals surface area (Å²) in [4.78, 5) is 0. The Kier molecular flexibility index (Phi) is 4.44. The standard InChI is InChI=1S/C24H17F3/c1-2-15-3-4-18-12-19(6-5-17(18)11-15)20-13-22(26)24(23(27)14-20)16-7-9-21(25)10-8-16/h3-14H,2H2,1H3. The summed E-state index contributed by atoms with van der Waals surface area (Å²) in [5.74, 6) is -1.78. The molecule has 4 aromatic rings. The van der Waals surface area contributed by atoms with Crippen LogP contribution >= 0.6 is 0 Å². The smallest absolute Gasteiger partial charge is 0.134 e. The molecule has 0 atom stereocenters. The first kappa shape index (κ1) is 17.3. The minimum absolute atomic E-state index is 0.146. The van der Waals surface area contributed by atoms with Crippen LogP contribution in [0.2, 0.25) is 0 Å². The van der Waals surface area contributed by atoms with E-state index in [4.69, 9.17) is 0 Å². The highest BCUT2D eigenvalue weighted by Crippen LogP contribution is 2.32. The van der Waals surface area contributed by atoms with Crippen molar-refractivity contribution in [1.29, 1.82) is 0 Å². The Bertz CT molecular complexity index is 1110. The van der Waals surface area contributed by atoms with Crippen LogP contribution in [0.5, 0.6) is 0 Å². The van der Waals surface area contributed by atoms with Gasteiger partial charge in [-0.3, -0.25) is 0 Å². The Morgan fingerprint density at radius 1 is 0.593 bits per heavy atom. The van der Waals surface area contributed by atoms with Gasteiger partial charge in [0.05, 0.1) is 5.56 Å². The molecule has 0 bridgehead atoms. The second-order valence-electron chi connectivity index (χ2n) is 6.57. The molecule has 0 aliphatic heterocycles. The second-order valence-corrected chi connectivity index (χ2v) is 6.57. The molecule has 0 radical (unpaired) electrons. The lowest BCUT2D eigenvalue weighted by Gasteiger charge is -2.10. The molecule has 4 rings (SSSR count). The van der Waals surface area contributed by atoms with Crippen molar-refractivity contribution < 1.29 is 13.2 Å².